The number of pyridine rings is 1. The van der Waals surface area contributed by atoms with Gasteiger partial charge in [-0.2, -0.15) is 0 Å². The third-order valence-corrected chi connectivity index (χ3v) is 7.65. The molecule has 3 rings (SSSR count). The molecule has 2 fully saturated rings. The molecule has 1 atom stereocenters. The van der Waals surface area contributed by atoms with Crippen LogP contribution in [0.15, 0.2) is 24.5 Å². The largest absolute Gasteiger partial charge is 0.490 e. The van der Waals surface area contributed by atoms with Crippen molar-refractivity contribution in [2.45, 2.75) is 56.3 Å². The smallest absolute Gasteiger partial charge is 0.222 e. The predicted molar refractivity (Wildman–Crippen MR) is 101 cm³/mol. The zero-order valence-electron chi connectivity index (χ0n) is 14.1. The van der Waals surface area contributed by atoms with Crippen LogP contribution in [-0.2, 0) is 4.79 Å². The minimum Gasteiger partial charge on any atom is -0.490 e. The van der Waals surface area contributed by atoms with Gasteiger partial charge in [0.2, 0.25) is 5.91 Å². The minimum atomic E-state index is 0.216. The van der Waals surface area contributed by atoms with Gasteiger partial charge in [-0.25, -0.2) is 0 Å². The van der Waals surface area contributed by atoms with Gasteiger partial charge in [0.05, 0.1) is 0 Å². The molecule has 0 radical (unpaired) electrons. The van der Waals surface area contributed by atoms with Gasteiger partial charge in [0.1, 0.15) is 11.9 Å². The van der Waals surface area contributed by atoms with E-state index in [1.807, 2.05) is 38.6 Å². The highest BCUT2D eigenvalue weighted by atomic mass is 33.1. The summed E-state index contributed by atoms with van der Waals surface area (Å²) in [5.74, 6) is 2.49. The van der Waals surface area contributed by atoms with E-state index in [2.05, 4.69) is 4.98 Å². The molecular formula is C18H26N2O2S2. The second-order valence-corrected chi connectivity index (χ2v) is 9.24. The molecule has 132 valence electrons. The molecule has 4 nitrogen and oxygen atoms in total. The molecule has 0 unspecified atom stereocenters. The molecule has 2 aliphatic rings. The predicted octanol–water partition coefficient (Wildman–Crippen LogP) is 4.17. The lowest BCUT2D eigenvalue weighted by Crippen LogP contribution is -2.41. The lowest BCUT2D eigenvalue weighted by Gasteiger charge is -2.32. The number of hydrogen-bond acceptors (Lipinski definition) is 5. The Hall–Kier alpha value is -0.880. The molecule has 1 aromatic heterocycles. The minimum absolute atomic E-state index is 0.216. The van der Waals surface area contributed by atoms with E-state index in [-0.39, 0.29) is 6.10 Å². The fourth-order valence-electron chi connectivity index (χ4n) is 3.20. The van der Waals surface area contributed by atoms with Crippen LogP contribution in [0.5, 0.6) is 5.75 Å². The monoisotopic (exact) mass is 366 g/mol. The first-order chi connectivity index (χ1) is 11.8. The van der Waals surface area contributed by atoms with Gasteiger partial charge in [-0.05, 0) is 31.4 Å². The summed E-state index contributed by atoms with van der Waals surface area (Å²) in [5.41, 5.74) is 0. The second-order valence-electron chi connectivity index (χ2n) is 6.46. The second kappa shape index (κ2) is 9.56. The number of amides is 1. The van der Waals surface area contributed by atoms with Crippen molar-refractivity contribution in [3.63, 3.8) is 0 Å². The molecule has 0 bridgehead atoms. The average molecular weight is 367 g/mol. The molecule has 2 saturated heterocycles. The molecule has 6 heteroatoms. The van der Waals surface area contributed by atoms with Crippen LogP contribution >= 0.6 is 21.6 Å². The number of nitrogens with zero attached hydrogens (tertiary/aromatic N) is 2. The molecule has 0 N–H and O–H groups in total. The van der Waals surface area contributed by atoms with Crippen molar-refractivity contribution in [3.05, 3.63) is 24.5 Å². The quantitative estimate of drug-likeness (QED) is 0.535. The maximum atomic E-state index is 12.3. The standard InChI is InChI=1S/C18H26N2O2S2/c21-18(4-2-1-3-17-9-14-23-24-17)20-12-7-16(8-13-20)22-15-5-10-19-11-6-15/h5-6,10-11,16-17H,1-4,7-9,12-14H2/t17-/m1/s1. The van der Waals surface area contributed by atoms with E-state index in [0.29, 0.717) is 12.3 Å². The number of unbranched alkanes of at least 4 members (excludes halogenated alkanes) is 1. The van der Waals surface area contributed by atoms with E-state index >= 15 is 0 Å². The topological polar surface area (TPSA) is 42.4 Å². The Morgan fingerprint density at radius 1 is 1.21 bits per heavy atom. The lowest BCUT2D eigenvalue weighted by atomic mass is 10.1. The highest BCUT2D eigenvalue weighted by Crippen LogP contribution is 2.39. The molecule has 0 spiro atoms. The maximum absolute atomic E-state index is 12.3. The summed E-state index contributed by atoms with van der Waals surface area (Å²) in [4.78, 5) is 18.3. The zero-order chi connectivity index (χ0) is 16.6. The van der Waals surface area contributed by atoms with E-state index in [1.54, 1.807) is 12.4 Å². The van der Waals surface area contributed by atoms with Crippen LogP contribution in [0.3, 0.4) is 0 Å². The number of likely N-dealkylation sites (tertiary alicyclic amines) is 1. The number of hydrogen-bond donors (Lipinski definition) is 0. The van der Waals surface area contributed by atoms with Crippen molar-refractivity contribution in [2.24, 2.45) is 0 Å². The van der Waals surface area contributed by atoms with Gasteiger partial charge in [0.25, 0.3) is 0 Å². The van der Waals surface area contributed by atoms with Crippen LogP contribution in [0.2, 0.25) is 0 Å². The van der Waals surface area contributed by atoms with E-state index < -0.39 is 0 Å². The van der Waals surface area contributed by atoms with Crippen LogP contribution in [0.25, 0.3) is 0 Å². The first-order valence-corrected chi connectivity index (χ1v) is 11.3. The van der Waals surface area contributed by atoms with Crippen molar-refractivity contribution in [1.29, 1.82) is 0 Å². The molecule has 3 heterocycles. The van der Waals surface area contributed by atoms with Crippen LogP contribution in [0, 0.1) is 0 Å². The van der Waals surface area contributed by atoms with Crippen molar-refractivity contribution >= 4 is 27.5 Å². The van der Waals surface area contributed by atoms with Crippen LogP contribution < -0.4 is 4.74 Å². The van der Waals surface area contributed by atoms with Gasteiger partial charge in [0, 0.05) is 55.7 Å². The normalized spacial score (nSPS) is 21.8. The summed E-state index contributed by atoms with van der Waals surface area (Å²) in [7, 11) is 4.03. The van der Waals surface area contributed by atoms with Crippen LogP contribution in [0.1, 0.15) is 44.9 Å². The fourth-order valence-corrected chi connectivity index (χ4v) is 6.23. The Labute approximate surface area is 152 Å². The van der Waals surface area contributed by atoms with E-state index in [9.17, 15) is 4.79 Å². The van der Waals surface area contributed by atoms with Gasteiger partial charge in [0.15, 0.2) is 0 Å². The number of aromatic nitrogens is 1. The Balaban J connectivity index is 1.30. The zero-order valence-corrected chi connectivity index (χ0v) is 15.7. The van der Waals surface area contributed by atoms with Crippen LogP contribution in [-0.4, -0.2) is 46.0 Å². The van der Waals surface area contributed by atoms with Crippen molar-refractivity contribution in [1.82, 2.24) is 9.88 Å². The SMILES string of the molecule is O=C(CCCC[C@@H]1CCSS1)N1CCC(Oc2ccncc2)CC1. The maximum Gasteiger partial charge on any atom is 0.222 e. The lowest BCUT2D eigenvalue weighted by molar-refractivity contribution is -0.133. The molecule has 0 aliphatic carbocycles. The Morgan fingerprint density at radius 3 is 2.71 bits per heavy atom. The number of rotatable bonds is 7. The summed E-state index contributed by atoms with van der Waals surface area (Å²) < 4.78 is 5.96. The van der Waals surface area contributed by atoms with Crippen molar-refractivity contribution in [3.8, 4) is 5.75 Å². The summed E-state index contributed by atoms with van der Waals surface area (Å²) in [5, 5.41) is 0.825. The van der Waals surface area contributed by atoms with Gasteiger partial charge >= 0.3 is 0 Å². The molecule has 24 heavy (non-hydrogen) atoms. The molecule has 1 amide bonds. The van der Waals surface area contributed by atoms with Gasteiger partial charge in [-0.3, -0.25) is 9.78 Å². The molecule has 2 aliphatic heterocycles. The summed E-state index contributed by atoms with van der Waals surface area (Å²) >= 11 is 0. The van der Waals surface area contributed by atoms with E-state index in [0.717, 1.165) is 43.4 Å². The van der Waals surface area contributed by atoms with Gasteiger partial charge in [-0.1, -0.05) is 28.0 Å². The molecule has 0 saturated carbocycles. The van der Waals surface area contributed by atoms with Crippen LogP contribution in [0.4, 0.5) is 0 Å². The summed E-state index contributed by atoms with van der Waals surface area (Å²) in [6, 6.07) is 3.78. The fraction of sp³-hybridized carbons (Fsp3) is 0.667. The number of piperidine rings is 1. The van der Waals surface area contributed by atoms with Crippen molar-refractivity contribution in [2.75, 3.05) is 18.8 Å². The Bertz CT molecular complexity index is 501. The highest BCUT2D eigenvalue weighted by molar-refractivity contribution is 8.77. The summed E-state index contributed by atoms with van der Waals surface area (Å²) in [6.45, 7) is 1.65. The van der Waals surface area contributed by atoms with Crippen molar-refractivity contribution < 1.29 is 9.53 Å². The molecule has 1 aromatic rings. The molecular weight excluding hydrogens is 340 g/mol. The number of carbonyl (C=O) groups excluding carboxylic acids is 1. The third-order valence-electron chi connectivity index (χ3n) is 4.64. The Kier molecular flexibility index (Phi) is 7.14. The molecule has 0 aromatic carbocycles. The number of carbonyl (C=O) groups is 1. The average Bonchev–Trinajstić information content (AvgIpc) is 3.13. The third kappa shape index (κ3) is 5.59. The first-order valence-electron chi connectivity index (χ1n) is 8.94. The van der Waals surface area contributed by atoms with Gasteiger partial charge < -0.3 is 9.64 Å². The Morgan fingerprint density at radius 2 is 2.00 bits per heavy atom. The summed E-state index contributed by atoms with van der Waals surface area (Å²) in [6.07, 6.45) is 11.1. The van der Waals surface area contributed by atoms with E-state index in [4.69, 9.17) is 4.74 Å². The highest BCUT2D eigenvalue weighted by Gasteiger charge is 2.23. The first kappa shape index (κ1) is 17.9. The number of ether oxygens (including phenoxy) is 1. The van der Waals surface area contributed by atoms with E-state index in [1.165, 1.54) is 25.0 Å². The van der Waals surface area contributed by atoms with Gasteiger partial charge in [-0.15, -0.1) is 0 Å².